The Morgan fingerprint density at radius 2 is 1.89 bits per heavy atom. The molecular weight excluding hydrogens is 250 g/mol. The van der Waals surface area contributed by atoms with E-state index < -0.39 is 5.60 Å². The van der Waals surface area contributed by atoms with Crippen molar-refractivity contribution in [3.05, 3.63) is 34.9 Å². The van der Waals surface area contributed by atoms with Crippen LogP contribution in [0.4, 0.5) is 0 Å². The second-order valence-electron chi connectivity index (χ2n) is 5.14. The fourth-order valence-corrected chi connectivity index (χ4v) is 1.54. The molecule has 0 radical (unpaired) electrons. The van der Waals surface area contributed by atoms with E-state index in [0.717, 1.165) is 17.1 Å². The molecule has 1 aromatic rings. The predicted molar refractivity (Wildman–Crippen MR) is 73.6 cm³/mol. The number of halogens is 1. The third-order valence-electron chi connectivity index (χ3n) is 2.17. The van der Waals surface area contributed by atoms with Crippen LogP contribution in [-0.2, 0) is 16.1 Å². The minimum atomic E-state index is -0.409. The summed E-state index contributed by atoms with van der Waals surface area (Å²) in [6.07, 6.45) is 0.380. The van der Waals surface area contributed by atoms with Crippen LogP contribution in [0.1, 0.15) is 32.8 Å². The van der Waals surface area contributed by atoms with Gasteiger partial charge in [-0.2, -0.15) is 0 Å². The van der Waals surface area contributed by atoms with Gasteiger partial charge in [0.2, 0.25) is 0 Å². The number of ether oxygens (including phenoxy) is 1. The van der Waals surface area contributed by atoms with Gasteiger partial charge in [0.05, 0.1) is 6.42 Å². The molecule has 0 aromatic heterocycles. The van der Waals surface area contributed by atoms with Crippen LogP contribution in [0.5, 0.6) is 0 Å². The Balaban J connectivity index is 2.19. The van der Waals surface area contributed by atoms with Gasteiger partial charge in [0.1, 0.15) is 5.60 Å². The lowest BCUT2D eigenvalue weighted by atomic mass is 10.2. The first-order valence-electron chi connectivity index (χ1n) is 6.04. The molecule has 100 valence electrons. The van der Waals surface area contributed by atoms with Crippen molar-refractivity contribution in [2.24, 2.45) is 0 Å². The second-order valence-corrected chi connectivity index (χ2v) is 5.58. The van der Waals surface area contributed by atoms with E-state index in [1.54, 1.807) is 0 Å². The lowest BCUT2D eigenvalue weighted by Crippen LogP contribution is -2.26. The van der Waals surface area contributed by atoms with Crippen LogP contribution < -0.4 is 5.32 Å². The number of esters is 1. The largest absolute Gasteiger partial charge is 0.460 e. The topological polar surface area (TPSA) is 38.3 Å². The molecule has 0 aliphatic carbocycles. The maximum absolute atomic E-state index is 11.4. The van der Waals surface area contributed by atoms with Gasteiger partial charge in [0.25, 0.3) is 0 Å². The van der Waals surface area contributed by atoms with Crippen molar-refractivity contribution in [2.45, 2.75) is 39.3 Å². The summed E-state index contributed by atoms with van der Waals surface area (Å²) in [4.78, 5) is 11.4. The number of carbonyl (C=O) groups excluding carboxylic acids is 1. The number of benzene rings is 1. The molecule has 1 N–H and O–H groups in total. The smallest absolute Gasteiger partial charge is 0.307 e. The molecule has 4 heteroatoms. The average molecular weight is 270 g/mol. The molecule has 0 atom stereocenters. The highest BCUT2D eigenvalue weighted by atomic mass is 35.5. The van der Waals surface area contributed by atoms with E-state index in [4.69, 9.17) is 16.3 Å². The number of hydrogen-bond donors (Lipinski definition) is 1. The van der Waals surface area contributed by atoms with Gasteiger partial charge in [-0.15, -0.1) is 0 Å². The Labute approximate surface area is 113 Å². The van der Waals surface area contributed by atoms with E-state index in [1.807, 2.05) is 45.0 Å². The molecule has 0 bridgehead atoms. The van der Waals surface area contributed by atoms with E-state index >= 15 is 0 Å². The van der Waals surface area contributed by atoms with E-state index in [0.29, 0.717) is 13.0 Å². The molecule has 0 saturated heterocycles. The molecule has 0 heterocycles. The average Bonchev–Trinajstić information content (AvgIpc) is 2.24. The SMILES string of the molecule is CC(C)(C)OC(=O)CCNCc1ccc(Cl)cc1. The summed E-state index contributed by atoms with van der Waals surface area (Å²) in [5, 5.41) is 3.92. The van der Waals surface area contributed by atoms with Crippen LogP contribution in [-0.4, -0.2) is 18.1 Å². The van der Waals surface area contributed by atoms with Crippen LogP contribution in [0, 0.1) is 0 Å². The monoisotopic (exact) mass is 269 g/mol. The second kappa shape index (κ2) is 6.76. The summed E-state index contributed by atoms with van der Waals surface area (Å²) in [6.45, 7) is 6.93. The zero-order valence-corrected chi connectivity index (χ0v) is 11.9. The van der Waals surface area contributed by atoms with Crippen LogP contribution in [0.15, 0.2) is 24.3 Å². The first kappa shape index (κ1) is 15.0. The quantitative estimate of drug-likeness (QED) is 0.659. The van der Waals surface area contributed by atoms with E-state index in [2.05, 4.69) is 5.32 Å². The summed E-state index contributed by atoms with van der Waals surface area (Å²) in [7, 11) is 0. The predicted octanol–water partition coefficient (Wildman–Crippen LogP) is 3.16. The van der Waals surface area contributed by atoms with Crippen molar-refractivity contribution in [1.29, 1.82) is 0 Å². The maximum Gasteiger partial charge on any atom is 0.307 e. The fourth-order valence-electron chi connectivity index (χ4n) is 1.42. The Hall–Kier alpha value is -1.06. The number of nitrogens with one attached hydrogen (secondary N) is 1. The minimum Gasteiger partial charge on any atom is -0.460 e. The third-order valence-corrected chi connectivity index (χ3v) is 2.42. The Bertz CT molecular complexity index is 382. The summed E-state index contributed by atoms with van der Waals surface area (Å²) in [5.74, 6) is -0.175. The molecule has 3 nitrogen and oxygen atoms in total. The molecule has 0 unspecified atom stereocenters. The van der Waals surface area contributed by atoms with Crippen molar-refractivity contribution < 1.29 is 9.53 Å². The normalized spacial score (nSPS) is 11.3. The molecular formula is C14H20ClNO2. The Morgan fingerprint density at radius 1 is 1.28 bits per heavy atom. The maximum atomic E-state index is 11.4. The molecule has 18 heavy (non-hydrogen) atoms. The minimum absolute atomic E-state index is 0.175. The van der Waals surface area contributed by atoms with Crippen molar-refractivity contribution in [2.75, 3.05) is 6.54 Å². The highest BCUT2D eigenvalue weighted by Gasteiger charge is 2.15. The van der Waals surface area contributed by atoms with Gasteiger partial charge in [-0.05, 0) is 38.5 Å². The van der Waals surface area contributed by atoms with Crippen LogP contribution in [0.3, 0.4) is 0 Å². The fraction of sp³-hybridized carbons (Fsp3) is 0.500. The molecule has 0 spiro atoms. The lowest BCUT2D eigenvalue weighted by Gasteiger charge is -2.19. The van der Waals surface area contributed by atoms with Crippen LogP contribution >= 0.6 is 11.6 Å². The molecule has 0 amide bonds. The summed E-state index contributed by atoms with van der Waals surface area (Å²) in [6, 6.07) is 7.63. The zero-order chi connectivity index (χ0) is 13.6. The lowest BCUT2D eigenvalue weighted by molar-refractivity contribution is -0.154. The van der Waals surface area contributed by atoms with Gasteiger partial charge in [0, 0.05) is 18.1 Å². The Morgan fingerprint density at radius 3 is 2.44 bits per heavy atom. The third kappa shape index (κ3) is 6.62. The van der Waals surface area contributed by atoms with Gasteiger partial charge in [0.15, 0.2) is 0 Å². The van der Waals surface area contributed by atoms with Crippen molar-refractivity contribution in [3.8, 4) is 0 Å². The van der Waals surface area contributed by atoms with E-state index in [1.165, 1.54) is 0 Å². The molecule has 0 aliphatic heterocycles. The van der Waals surface area contributed by atoms with Crippen LogP contribution in [0.25, 0.3) is 0 Å². The van der Waals surface area contributed by atoms with Crippen molar-refractivity contribution >= 4 is 17.6 Å². The highest BCUT2D eigenvalue weighted by Crippen LogP contribution is 2.09. The Kier molecular flexibility index (Phi) is 5.63. The summed E-state index contributed by atoms with van der Waals surface area (Å²) >= 11 is 5.79. The highest BCUT2D eigenvalue weighted by molar-refractivity contribution is 6.30. The first-order chi connectivity index (χ1) is 8.37. The summed E-state index contributed by atoms with van der Waals surface area (Å²) < 4.78 is 5.21. The molecule has 1 aromatic carbocycles. The van der Waals surface area contributed by atoms with Gasteiger partial charge in [-0.1, -0.05) is 23.7 Å². The number of carbonyl (C=O) groups is 1. The van der Waals surface area contributed by atoms with Gasteiger partial charge in [-0.25, -0.2) is 0 Å². The summed E-state index contributed by atoms with van der Waals surface area (Å²) in [5.41, 5.74) is 0.733. The van der Waals surface area contributed by atoms with E-state index in [9.17, 15) is 4.79 Å². The molecule has 1 rings (SSSR count). The standard InChI is InChI=1S/C14H20ClNO2/c1-14(2,3)18-13(17)8-9-16-10-11-4-6-12(15)7-5-11/h4-7,16H,8-10H2,1-3H3. The number of hydrogen-bond acceptors (Lipinski definition) is 3. The van der Waals surface area contributed by atoms with Crippen molar-refractivity contribution in [3.63, 3.8) is 0 Å². The van der Waals surface area contributed by atoms with Gasteiger partial charge >= 0.3 is 5.97 Å². The molecule has 0 saturated carbocycles. The van der Waals surface area contributed by atoms with Crippen molar-refractivity contribution in [1.82, 2.24) is 5.32 Å². The van der Waals surface area contributed by atoms with Crippen LogP contribution in [0.2, 0.25) is 5.02 Å². The number of rotatable bonds is 5. The first-order valence-corrected chi connectivity index (χ1v) is 6.41. The molecule has 0 fully saturated rings. The zero-order valence-electron chi connectivity index (χ0n) is 11.1. The van der Waals surface area contributed by atoms with E-state index in [-0.39, 0.29) is 5.97 Å². The van der Waals surface area contributed by atoms with Gasteiger partial charge in [-0.3, -0.25) is 4.79 Å². The van der Waals surface area contributed by atoms with Gasteiger partial charge < -0.3 is 10.1 Å². The molecule has 0 aliphatic rings.